The summed E-state index contributed by atoms with van der Waals surface area (Å²) in [5, 5.41) is 0.467. The number of rotatable bonds is 1. The molecule has 0 radical (unpaired) electrons. The van der Waals surface area contributed by atoms with Crippen molar-refractivity contribution in [3.8, 4) is 17.5 Å². The molecule has 22 heavy (non-hydrogen) atoms. The quantitative estimate of drug-likeness (QED) is 0.511. The van der Waals surface area contributed by atoms with Crippen molar-refractivity contribution in [2.45, 2.75) is 13.8 Å². The van der Waals surface area contributed by atoms with E-state index < -0.39 is 0 Å². The Morgan fingerprint density at radius 1 is 1.09 bits per heavy atom. The van der Waals surface area contributed by atoms with Gasteiger partial charge in [-0.25, -0.2) is 9.97 Å². The molecule has 3 rings (SSSR count). The molecule has 4 nitrogen and oxygen atoms in total. The van der Waals surface area contributed by atoms with Gasteiger partial charge < -0.3 is 4.57 Å². The summed E-state index contributed by atoms with van der Waals surface area (Å²) in [6, 6.07) is 7.47. The Morgan fingerprint density at radius 2 is 1.95 bits per heavy atom. The molecular formula is C17H13ClN4. The summed E-state index contributed by atoms with van der Waals surface area (Å²) in [6.07, 6.45) is 5.35. The van der Waals surface area contributed by atoms with Gasteiger partial charge in [0.2, 0.25) is 0 Å². The van der Waals surface area contributed by atoms with Crippen LogP contribution in [0.25, 0.3) is 5.69 Å². The fourth-order valence-corrected chi connectivity index (χ4v) is 2.18. The number of hydrogen-bond acceptors (Lipinski definition) is 3. The van der Waals surface area contributed by atoms with Crippen LogP contribution >= 0.6 is 11.6 Å². The molecule has 3 heterocycles. The fourth-order valence-electron chi connectivity index (χ4n) is 2.06. The Hall–Kier alpha value is -2.64. The molecule has 5 heteroatoms. The highest BCUT2D eigenvalue weighted by Crippen LogP contribution is 2.13. The molecule has 0 fully saturated rings. The van der Waals surface area contributed by atoms with Gasteiger partial charge in [0, 0.05) is 23.7 Å². The topological polar surface area (TPSA) is 43.6 Å². The lowest BCUT2D eigenvalue weighted by molar-refractivity contribution is 0.965. The van der Waals surface area contributed by atoms with E-state index >= 15 is 0 Å². The van der Waals surface area contributed by atoms with E-state index in [4.69, 9.17) is 11.6 Å². The van der Waals surface area contributed by atoms with Crippen LogP contribution in [0.15, 0.2) is 42.9 Å². The predicted molar refractivity (Wildman–Crippen MR) is 86.1 cm³/mol. The van der Waals surface area contributed by atoms with Crippen molar-refractivity contribution in [2.24, 2.45) is 0 Å². The fraction of sp³-hybridized carbons (Fsp3) is 0.118. The summed E-state index contributed by atoms with van der Waals surface area (Å²) in [4.78, 5) is 12.7. The summed E-state index contributed by atoms with van der Waals surface area (Å²) in [6.45, 7) is 3.87. The van der Waals surface area contributed by atoms with E-state index in [-0.39, 0.29) is 0 Å². The third-order valence-electron chi connectivity index (χ3n) is 3.10. The van der Waals surface area contributed by atoms with Crippen molar-refractivity contribution in [1.82, 2.24) is 19.5 Å². The molecule has 0 N–H and O–H groups in total. The molecule has 3 aromatic heterocycles. The third-order valence-corrected chi connectivity index (χ3v) is 3.33. The van der Waals surface area contributed by atoms with Crippen LogP contribution in [0.2, 0.25) is 5.15 Å². The molecule has 0 amide bonds. The lowest BCUT2D eigenvalue weighted by Gasteiger charge is -2.02. The normalized spacial score (nSPS) is 10.1. The number of pyridine rings is 2. The van der Waals surface area contributed by atoms with E-state index in [9.17, 15) is 0 Å². The van der Waals surface area contributed by atoms with Crippen LogP contribution < -0.4 is 0 Å². The standard InChI is InChI=1S/C17H13ClN4/c1-12-9-14(7-8-19-12)3-4-15-11-22(13(2)21-15)16-5-6-17(18)20-10-16/h5-11H,1-2H3. The summed E-state index contributed by atoms with van der Waals surface area (Å²) < 4.78 is 1.94. The largest absolute Gasteiger partial charge is 0.301 e. The van der Waals surface area contributed by atoms with E-state index in [0.717, 1.165) is 22.8 Å². The van der Waals surface area contributed by atoms with Crippen LogP contribution in [-0.2, 0) is 0 Å². The van der Waals surface area contributed by atoms with E-state index in [1.807, 2.05) is 42.8 Å². The summed E-state index contributed by atoms with van der Waals surface area (Å²) in [5.41, 5.74) is 3.48. The number of halogens is 1. The van der Waals surface area contributed by atoms with Gasteiger partial charge in [0.1, 0.15) is 16.7 Å². The first kappa shape index (κ1) is 14.3. The average Bonchev–Trinajstić information content (AvgIpc) is 2.87. The zero-order valence-corrected chi connectivity index (χ0v) is 13.0. The Labute approximate surface area is 133 Å². The highest BCUT2D eigenvalue weighted by Gasteiger charge is 2.04. The minimum atomic E-state index is 0.467. The summed E-state index contributed by atoms with van der Waals surface area (Å²) in [7, 11) is 0. The van der Waals surface area contributed by atoms with Crippen LogP contribution in [0.4, 0.5) is 0 Å². The first-order valence-electron chi connectivity index (χ1n) is 6.74. The van der Waals surface area contributed by atoms with Crippen molar-refractivity contribution in [3.63, 3.8) is 0 Å². The van der Waals surface area contributed by atoms with Crippen LogP contribution in [0.5, 0.6) is 0 Å². The first-order valence-corrected chi connectivity index (χ1v) is 7.12. The number of imidazole rings is 1. The van der Waals surface area contributed by atoms with Gasteiger partial charge in [-0.1, -0.05) is 17.5 Å². The molecule has 0 bridgehead atoms. The van der Waals surface area contributed by atoms with Gasteiger partial charge in [0.05, 0.1) is 11.9 Å². The second-order valence-corrected chi connectivity index (χ2v) is 5.21. The molecule has 0 spiro atoms. The summed E-state index contributed by atoms with van der Waals surface area (Å²) >= 11 is 5.81. The molecule has 0 aromatic carbocycles. The SMILES string of the molecule is Cc1cc(C#Cc2cn(-c3ccc(Cl)nc3)c(C)n2)ccn1. The Morgan fingerprint density at radius 3 is 2.68 bits per heavy atom. The Kier molecular flexibility index (Phi) is 3.90. The van der Waals surface area contributed by atoms with Crippen molar-refractivity contribution in [2.75, 3.05) is 0 Å². The van der Waals surface area contributed by atoms with Gasteiger partial charge in [-0.3, -0.25) is 4.98 Å². The number of aromatic nitrogens is 4. The van der Waals surface area contributed by atoms with Gasteiger partial charge in [0.15, 0.2) is 0 Å². The minimum Gasteiger partial charge on any atom is -0.301 e. The second kappa shape index (κ2) is 6.00. The highest BCUT2D eigenvalue weighted by atomic mass is 35.5. The van der Waals surface area contributed by atoms with Crippen molar-refractivity contribution >= 4 is 11.6 Å². The monoisotopic (exact) mass is 308 g/mol. The maximum absolute atomic E-state index is 5.81. The van der Waals surface area contributed by atoms with E-state index in [1.165, 1.54) is 0 Å². The van der Waals surface area contributed by atoms with Gasteiger partial charge in [0.25, 0.3) is 0 Å². The molecule has 3 aromatic rings. The average molecular weight is 309 g/mol. The maximum atomic E-state index is 5.81. The van der Waals surface area contributed by atoms with Gasteiger partial charge in [-0.05, 0) is 44.0 Å². The zero-order chi connectivity index (χ0) is 15.5. The minimum absolute atomic E-state index is 0.467. The van der Waals surface area contributed by atoms with Gasteiger partial charge in [-0.15, -0.1) is 0 Å². The number of aryl methyl sites for hydroxylation is 2. The molecule has 0 aliphatic rings. The van der Waals surface area contributed by atoms with Crippen LogP contribution in [0.3, 0.4) is 0 Å². The first-order chi connectivity index (χ1) is 10.6. The van der Waals surface area contributed by atoms with Gasteiger partial charge >= 0.3 is 0 Å². The zero-order valence-electron chi connectivity index (χ0n) is 12.2. The lowest BCUT2D eigenvalue weighted by Crippen LogP contribution is -1.95. The van der Waals surface area contributed by atoms with Crippen LogP contribution in [0, 0.1) is 25.7 Å². The molecule has 0 saturated heterocycles. The second-order valence-electron chi connectivity index (χ2n) is 4.82. The Balaban J connectivity index is 1.91. The Bertz CT molecular complexity index is 870. The number of hydrogen-bond donors (Lipinski definition) is 0. The van der Waals surface area contributed by atoms with Crippen molar-refractivity contribution in [1.29, 1.82) is 0 Å². The molecule has 0 aliphatic heterocycles. The highest BCUT2D eigenvalue weighted by molar-refractivity contribution is 6.29. The van der Waals surface area contributed by atoms with Gasteiger partial charge in [-0.2, -0.15) is 0 Å². The molecule has 0 saturated carbocycles. The maximum Gasteiger partial charge on any atom is 0.132 e. The smallest absolute Gasteiger partial charge is 0.132 e. The van der Waals surface area contributed by atoms with Crippen molar-refractivity contribution < 1.29 is 0 Å². The molecule has 0 aliphatic carbocycles. The predicted octanol–water partition coefficient (Wildman–Crippen LogP) is 3.33. The van der Waals surface area contributed by atoms with E-state index in [2.05, 4.69) is 26.8 Å². The molecular weight excluding hydrogens is 296 g/mol. The third kappa shape index (κ3) is 3.16. The molecule has 108 valence electrons. The van der Waals surface area contributed by atoms with Crippen molar-refractivity contribution in [3.05, 3.63) is 70.8 Å². The van der Waals surface area contributed by atoms with E-state index in [0.29, 0.717) is 10.8 Å². The molecule has 0 atom stereocenters. The summed E-state index contributed by atoms with van der Waals surface area (Å²) in [5.74, 6) is 7.02. The van der Waals surface area contributed by atoms with Crippen LogP contribution in [0.1, 0.15) is 22.8 Å². The van der Waals surface area contributed by atoms with E-state index in [1.54, 1.807) is 18.5 Å². The number of nitrogens with zero attached hydrogens (tertiary/aromatic N) is 4. The lowest BCUT2D eigenvalue weighted by atomic mass is 10.2. The van der Waals surface area contributed by atoms with Crippen LogP contribution in [-0.4, -0.2) is 19.5 Å². The molecule has 0 unspecified atom stereocenters.